The maximum absolute atomic E-state index is 6.17. The van der Waals surface area contributed by atoms with E-state index in [9.17, 15) is 0 Å². The molecule has 0 saturated heterocycles. The number of hydrogen-bond donors (Lipinski definition) is 1. The first-order valence-electron chi connectivity index (χ1n) is 6.68. The third-order valence-corrected chi connectivity index (χ3v) is 3.66. The summed E-state index contributed by atoms with van der Waals surface area (Å²) in [7, 11) is 0. The minimum absolute atomic E-state index is 0.199. The molecule has 0 fully saturated rings. The van der Waals surface area contributed by atoms with Gasteiger partial charge in [-0.2, -0.15) is 5.10 Å². The van der Waals surface area contributed by atoms with Gasteiger partial charge in [0.1, 0.15) is 0 Å². The lowest BCUT2D eigenvalue weighted by atomic mass is 10.1. The van der Waals surface area contributed by atoms with Crippen molar-refractivity contribution in [3.63, 3.8) is 0 Å². The number of nitrogens with zero attached hydrogens (tertiary/aromatic N) is 2. The zero-order chi connectivity index (χ0) is 13.9. The summed E-state index contributed by atoms with van der Waals surface area (Å²) in [5, 5.41) is 8.81. The van der Waals surface area contributed by atoms with Crippen LogP contribution in [0.5, 0.6) is 0 Å². The van der Waals surface area contributed by atoms with Crippen molar-refractivity contribution in [2.45, 2.75) is 66.0 Å². The van der Waals surface area contributed by atoms with Crippen LogP contribution in [0.4, 0.5) is 0 Å². The molecular formula is C14H26ClN3. The van der Waals surface area contributed by atoms with E-state index in [0.29, 0.717) is 6.04 Å². The molecule has 0 aliphatic carbocycles. The average Bonchev–Trinajstić information content (AvgIpc) is 2.51. The Balaban J connectivity index is 2.46. The predicted octanol–water partition coefficient (Wildman–Crippen LogP) is 3.88. The lowest BCUT2D eigenvalue weighted by molar-refractivity contribution is 0.387. The molecule has 1 heterocycles. The lowest BCUT2D eigenvalue weighted by Crippen LogP contribution is -2.36. The first kappa shape index (κ1) is 15.5. The zero-order valence-corrected chi connectivity index (χ0v) is 13.2. The molecule has 0 amide bonds. The van der Waals surface area contributed by atoms with Gasteiger partial charge in [-0.3, -0.25) is 4.68 Å². The molecule has 0 aliphatic heterocycles. The highest BCUT2D eigenvalue weighted by Crippen LogP contribution is 2.23. The van der Waals surface area contributed by atoms with Gasteiger partial charge in [0, 0.05) is 11.6 Å². The van der Waals surface area contributed by atoms with Crippen LogP contribution in [-0.2, 0) is 0 Å². The molecule has 4 heteroatoms. The Morgan fingerprint density at radius 2 is 1.94 bits per heavy atom. The van der Waals surface area contributed by atoms with Crippen molar-refractivity contribution in [3.05, 3.63) is 16.4 Å². The van der Waals surface area contributed by atoms with Gasteiger partial charge in [-0.1, -0.05) is 11.6 Å². The molecular weight excluding hydrogens is 246 g/mol. The van der Waals surface area contributed by atoms with Crippen molar-refractivity contribution in [2.75, 3.05) is 6.54 Å². The van der Waals surface area contributed by atoms with Crippen molar-refractivity contribution in [1.29, 1.82) is 0 Å². The van der Waals surface area contributed by atoms with Crippen LogP contribution in [-0.4, -0.2) is 21.9 Å². The lowest BCUT2D eigenvalue weighted by Gasteiger charge is -2.21. The van der Waals surface area contributed by atoms with Gasteiger partial charge in [-0.05, 0) is 60.9 Å². The number of halogens is 1. The summed E-state index contributed by atoms with van der Waals surface area (Å²) in [6.45, 7) is 13.8. The second-order valence-electron chi connectivity index (χ2n) is 6.10. The molecule has 0 radical (unpaired) electrons. The van der Waals surface area contributed by atoms with E-state index in [1.807, 2.05) is 13.8 Å². The Bertz CT molecular complexity index is 390. The maximum Gasteiger partial charge on any atom is 0.0844 e. The third-order valence-electron chi connectivity index (χ3n) is 3.11. The normalized spacial score (nSPS) is 13.9. The highest BCUT2D eigenvalue weighted by molar-refractivity contribution is 6.31. The van der Waals surface area contributed by atoms with Crippen molar-refractivity contribution >= 4 is 11.6 Å². The molecule has 0 bridgehead atoms. The Kier molecular flexibility index (Phi) is 5.23. The highest BCUT2D eigenvalue weighted by Gasteiger charge is 2.14. The molecule has 3 nitrogen and oxygen atoms in total. The summed E-state index contributed by atoms with van der Waals surface area (Å²) in [6, 6.07) is 0.401. The van der Waals surface area contributed by atoms with E-state index < -0.39 is 0 Å². The van der Waals surface area contributed by atoms with Crippen molar-refractivity contribution in [3.8, 4) is 0 Å². The number of hydrogen-bond acceptors (Lipinski definition) is 2. The SMILES string of the molecule is Cc1nn(C(C)CCCNC(C)(C)C)c(C)c1Cl. The molecule has 0 aromatic carbocycles. The minimum atomic E-state index is 0.199. The van der Waals surface area contributed by atoms with E-state index in [0.717, 1.165) is 35.8 Å². The Hall–Kier alpha value is -0.540. The molecule has 18 heavy (non-hydrogen) atoms. The summed E-state index contributed by atoms with van der Waals surface area (Å²) >= 11 is 6.17. The van der Waals surface area contributed by atoms with Gasteiger partial charge >= 0.3 is 0 Å². The quantitative estimate of drug-likeness (QED) is 0.824. The summed E-state index contributed by atoms with van der Waals surface area (Å²) in [4.78, 5) is 0. The predicted molar refractivity (Wildman–Crippen MR) is 78.4 cm³/mol. The fraction of sp³-hybridized carbons (Fsp3) is 0.786. The summed E-state index contributed by atoms with van der Waals surface area (Å²) < 4.78 is 2.05. The summed E-state index contributed by atoms with van der Waals surface area (Å²) in [5.74, 6) is 0. The van der Waals surface area contributed by atoms with Gasteiger partial charge in [-0.25, -0.2) is 0 Å². The second-order valence-corrected chi connectivity index (χ2v) is 6.48. The van der Waals surface area contributed by atoms with Crippen molar-refractivity contribution in [1.82, 2.24) is 15.1 Å². The fourth-order valence-electron chi connectivity index (χ4n) is 2.06. The van der Waals surface area contributed by atoms with E-state index >= 15 is 0 Å². The third kappa shape index (κ3) is 4.29. The van der Waals surface area contributed by atoms with Crippen molar-refractivity contribution in [2.24, 2.45) is 0 Å². The van der Waals surface area contributed by atoms with Crippen LogP contribution in [0.1, 0.15) is 58.0 Å². The smallest absolute Gasteiger partial charge is 0.0844 e. The number of aryl methyl sites for hydroxylation is 1. The molecule has 1 rings (SSSR count). The number of rotatable bonds is 5. The first-order chi connectivity index (χ1) is 8.22. The Labute approximate surface area is 116 Å². The van der Waals surface area contributed by atoms with Crippen LogP contribution in [0.2, 0.25) is 5.02 Å². The molecule has 1 aromatic heterocycles. The minimum Gasteiger partial charge on any atom is -0.312 e. The van der Waals surface area contributed by atoms with Gasteiger partial charge in [0.05, 0.1) is 16.4 Å². The molecule has 1 N–H and O–H groups in total. The number of aromatic nitrogens is 2. The largest absolute Gasteiger partial charge is 0.312 e. The summed E-state index contributed by atoms with van der Waals surface area (Å²) in [5.41, 5.74) is 2.20. The molecule has 0 aliphatic rings. The van der Waals surface area contributed by atoms with Gasteiger partial charge in [0.15, 0.2) is 0 Å². The van der Waals surface area contributed by atoms with Gasteiger partial charge < -0.3 is 5.32 Å². The van der Waals surface area contributed by atoms with Gasteiger partial charge in [0.2, 0.25) is 0 Å². The van der Waals surface area contributed by atoms with Crippen LogP contribution in [0.3, 0.4) is 0 Å². The second kappa shape index (κ2) is 6.07. The van der Waals surface area contributed by atoms with Crippen LogP contribution >= 0.6 is 11.6 Å². The van der Waals surface area contributed by atoms with E-state index in [1.165, 1.54) is 0 Å². The fourth-order valence-corrected chi connectivity index (χ4v) is 2.18. The highest BCUT2D eigenvalue weighted by atomic mass is 35.5. The summed E-state index contributed by atoms with van der Waals surface area (Å²) in [6.07, 6.45) is 2.26. The topological polar surface area (TPSA) is 29.9 Å². The van der Waals surface area contributed by atoms with Crippen molar-refractivity contribution < 1.29 is 0 Å². The van der Waals surface area contributed by atoms with Crippen LogP contribution < -0.4 is 5.32 Å². The molecule has 1 aromatic rings. The average molecular weight is 272 g/mol. The van der Waals surface area contributed by atoms with Gasteiger partial charge in [-0.15, -0.1) is 0 Å². The molecule has 1 atom stereocenters. The molecule has 1 unspecified atom stereocenters. The van der Waals surface area contributed by atoms with E-state index in [4.69, 9.17) is 11.6 Å². The molecule has 0 saturated carbocycles. The standard InChI is InChI=1S/C14H26ClN3/c1-10(8-7-9-16-14(4,5)6)18-12(3)13(15)11(2)17-18/h10,16H,7-9H2,1-6H3. The zero-order valence-electron chi connectivity index (χ0n) is 12.5. The number of nitrogens with one attached hydrogen (secondary N) is 1. The molecule has 104 valence electrons. The van der Waals surface area contributed by atoms with Crippen LogP contribution in [0.25, 0.3) is 0 Å². The Morgan fingerprint density at radius 3 is 2.39 bits per heavy atom. The van der Waals surface area contributed by atoms with Crippen LogP contribution in [0, 0.1) is 13.8 Å². The van der Waals surface area contributed by atoms with E-state index in [1.54, 1.807) is 0 Å². The van der Waals surface area contributed by atoms with Crippen LogP contribution in [0.15, 0.2) is 0 Å². The monoisotopic (exact) mass is 271 g/mol. The van der Waals surface area contributed by atoms with E-state index in [2.05, 4.69) is 42.8 Å². The first-order valence-corrected chi connectivity index (χ1v) is 7.06. The maximum atomic E-state index is 6.17. The van der Waals surface area contributed by atoms with Gasteiger partial charge in [0.25, 0.3) is 0 Å². The molecule has 0 spiro atoms. The van der Waals surface area contributed by atoms with E-state index in [-0.39, 0.29) is 5.54 Å². The Morgan fingerprint density at radius 1 is 1.33 bits per heavy atom.